The number of carbonyl (C=O) groups excluding carboxylic acids is 4. The summed E-state index contributed by atoms with van der Waals surface area (Å²) in [5.41, 5.74) is 5.54. The van der Waals surface area contributed by atoms with Crippen molar-refractivity contribution >= 4 is 35.0 Å². The molecular formula is C70H92F2N12O6. The van der Waals surface area contributed by atoms with Crippen molar-refractivity contribution in [1.82, 2.24) is 50.0 Å². The van der Waals surface area contributed by atoms with E-state index in [-0.39, 0.29) is 83.6 Å². The van der Waals surface area contributed by atoms with Gasteiger partial charge in [0.1, 0.15) is 11.6 Å². The summed E-state index contributed by atoms with van der Waals surface area (Å²) in [6.45, 7) is 23.4. The van der Waals surface area contributed by atoms with Gasteiger partial charge >= 0.3 is 0 Å². The minimum atomic E-state index is -0.437. The van der Waals surface area contributed by atoms with Gasteiger partial charge in [0.05, 0.1) is 24.5 Å². The normalized spacial score (nSPS) is 22.6. The molecule has 8 heterocycles. The van der Waals surface area contributed by atoms with E-state index in [4.69, 9.17) is 0 Å². The third kappa shape index (κ3) is 14.8. The Hall–Kier alpha value is -6.94. The van der Waals surface area contributed by atoms with Crippen LogP contribution in [-0.2, 0) is 33.3 Å². The molecule has 4 N–H and O–H groups in total. The molecule has 6 aliphatic rings. The molecule has 4 fully saturated rings. The van der Waals surface area contributed by atoms with Crippen LogP contribution < -0.4 is 31.6 Å². The Morgan fingerprint density at radius 2 is 0.900 bits per heavy atom. The molecule has 3 aromatic carbocycles. The van der Waals surface area contributed by atoms with Crippen molar-refractivity contribution < 1.29 is 28.0 Å². The van der Waals surface area contributed by atoms with Crippen LogP contribution in [0, 0.1) is 23.5 Å². The molecule has 90 heavy (non-hydrogen) atoms. The van der Waals surface area contributed by atoms with E-state index in [9.17, 15) is 37.5 Å². The summed E-state index contributed by atoms with van der Waals surface area (Å²) in [6.07, 6.45) is 4.47. The molecule has 2 aromatic heterocycles. The van der Waals surface area contributed by atoms with E-state index in [2.05, 4.69) is 54.0 Å². The minimum Gasteiger partial charge on any atom is -0.341 e. The molecule has 6 aliphatic heterocycles. The first-order chi connectivity index (χ1) is 42.9. The largest absolute Gasteiger partial charge is 0.341 e. The maximum Gasteiger partial charge on any atom is 0.253 e. The molecular weight excluding hydrogens is 1140 g/mol. The van der Waals surface area contributed by atoms with E-state index in [1.807, 2.05) is 73.5 Å². The van der Waals surface area contributed by atoms with Gasteiger partial charge in [-0.3, -0.25) is 38.6 Å². The van der Waals surface area contributed by atoms with Crippen molar-refractivity contribution in [3.8, 4) is 0 Å². The van der Waals surface area contributed by atoms with Crippen LogP contribution in [0.25, 0.3) is 0 Å². The van der Waals surface area contributed by atoms with Gasteiger partial charge in [-0.05, 0) is 149 Å². The van der Waals surface area contributed by atoms with Crippen molar-refractivity contribution in [3.05, 3.63) is 162 Å². The molecule has 20 heteroatoms. The highest BCUT2D eigenvalue weighted by Crippen LogP contribution is 2.41. The van der Waals surface area contributed by atoms with Crippen molar-refractivity contribution in [1.29, 1.82) is 0 Å². The van der Waals surface area contributed by atoms with Gasteiger partial charge in [-0.15, -0.1) is 0 Å². The van der Waals surface area contributed by atoms with E-state index in [1.165, 1.54) is 24.3 Å². The van der Waals surface area contributed by atoms with Crippen molar-refractivity contribution in [2.75, 3.05) is 129 Å². The van der Waals surface area contributed by atoms with Gasteiger partial charge in [-0.25, -0.2) is 8.78 Å². The van der Waals surface area contributed by atoms with E-state index < -0.39 is 10.8 Å². The van der Waals surface area contributed by atoms with Gasteiger partial charge in [-0.2, -0.15) is 0 Å². The molecule has 4 atom stereocenters. The number of rotatable bonds is 18. The molecule has 11 rings (SSSR count). The smallest absolute Gasteiger partial charge is 0.253 e. The second-order valence-corrected chi connectivity index (χ2v) is 28.3. The van der Waals surface area contributed by atoms with Gasteiger partial charge < -0.3 is 50.0 Å². The molecule has 18 nitrogen and oxygen atoms in total. The summed E-state index contributed by atoms with van der Waals surface area (Å²) in [5, 5.41) is 7.29. The molecule has 0 spiro atoms. The number of piperidine rings is 2. The zero-order valence-corrected chi connectivity index (χ0v) is 53.9. The number of H-pyrrole nitrogens is 2. The standard InChI is InChI=1S/C70H92F2N12O6/c1-45-35-81(41-61(85)83-43-69(3,4)63-59(83)31-53(65(87)75-63)29-47-9-17-55(71)18-10-47)57(33-73-45)39-79-25-21-49(22-26-79)37-77(7)67(89)51-13-15-52(16-14-51)68(90)78(8)38-50-23-27-80(28-24-50)40-58-34-74-46(2)36-82(58)42-62(86)84-44-70(5,6)64-60(84)32-54(66(88)76-64)30-48-11-19-56(72)20-12-48/h9-20,31-32,45-46,49-50,57-58,73-74H,21-30,33-44H2,1-8H3,(H,75,87)(H,76,88)/t45-,46-,57-,58-/m1/s1. The number of amides is 4. The fourth-order valence-corrected chi connectivity index (χ4v) is 14.8. The Balaban J connectivity index is 0.613. The summed E-state index contributed by atoms with van der Waals surface area (Å²) in [6, 6.07) is 23.8. The molecule has 0 radical (unpaired) electrons. The van der Waals surface area contributed by atoms with Crippen LogP contribution in [-0.4, -0.2) is 206 Å². The average molecular weight is 1240 g/mol. The van der Waals surface area contributed by atoms with Crippen LogP contribution in [0.15, 0.2) is 94.5 Å². The van der Waals surface area contributed by atoms with Gasteiger partial charge in [0.15, 0.2) is 0 Å². The van der Waals surface area contributed by atoms with Crippen molar-refractivity contribution in [2.45, 2.75) is 115 Å². The highest BCUT2D eigenvalue weighted by molar-refractivity contribution is 5.99. The summed E-state index contributed by atoms with van der Waals surface area (Å²) in [4.78, 5) is 106. The monoisotopic (exact) mass is 1230 g/mol. The zero-order chi connectivity index (χ0) is 63.8. The number of nitrogens with zero attached hydrogens (tertiary/aromatic N) is 8. The van der Waals surface area contributed by atoms with Crippen LogP contribution >= 0.6 is 0 Å². The lowest BCUT2D eigenvalue weighted by Crippen LogP contribution is -2.61. The Morgan fingerprint density at radius 3 is 1.26 bits per heavy atom. The molecule has 0 aliphatic carbocycles. The Morgan fingerprint density at radius 1 is 0.544 bits per heavy atom. The van der Waals surface area contributed by atoms with Crippen molar-refractivity contribution in [2.24, 2.45) is 11.8 Å². The predicted octanol–water partition coefficient (Wildman–Crippen LogP) is 6.06. The van der Waals surface area contributed by atoms with E-state index >= 15 is 0 Å². The van der Waals surface area contributed by atoms with Crippen LogP contribution in [0.1, 0.15) is 122 Å². The lowest BCUT2D eigenvalue weighted by atomic mass is 9.91. The number of halogens is 2. The summed E-state index contributed by atoms with van der Waals surface area (Å²) in [7, 11) is 3.72. The van der Waals surface area contributed by atoms with Crippen LogP contribution in [0.5, 0.6) is 0 Å². The topological polar surface area (TPSA) is 184 Å². The fourth-order valence-electron chi connectivity index (χ4n) is 14.8. The minimum absolute atomic E-state index is 0.0000160. The number of fused-ring (bicyclic) bond motifs is 2. The Labute approximate surface area is 528 Å². The number of piperazine rings is 2. The second kappa shape index (κ2) is 27.1. The number of hydrogen-bond acceptors (Lipinski definition) is 12. The molecule has 0 saturated carbocycles. The lowest BCUT2D eigenvalue weighted by molar-refractivity contribution is -0.121. The summed E-state index contributed by atoms with van der Waals surface area (Å²) in [5.74, 6) is -0.115. The number of benzene rings is 3. The number of aromatic nitrogens is 2. The third-order valence-electron chi connectivity index (χ3n) is 20.1. The Bertz CT molecular complexity index is 3290. The maximum atomic E-state index is 14.4. The van der Waals surface area contributed by atoms with Gasteiger partial charge in [0.25, 0.3) is 22.9 Å². The SMILES string of the molecule is C[C@@H]1CN(CC(=O)N2CC(C)(C)c3[nH]c(=O)c(Cc4ccc(F)cc4)cc32)[C@@H](CN2CCC(CN(C)C(=O)c3ccc(C(=O)N(C)CC4CCN(C[C@H]5CN[C@H](C)CN5CC(=O)N5CC(C)(C)c6[nH]c(=O)c(Cc7ccc(F)cc7)cc65)CC4)cc3)CC2)CN1. The number of carbonyl (C=O) groups is 4. The number of hydrogen-bond donors (Lipinski definition) is 4. The summed E-state index contributed by atoms with van der Waals surface area (Å²) < 4.78 is 27.3. The molecule has 4 saturated heterocycles. The molecule has 0 bridgehead atoms. The van der Waals surface area contributed by atoms with E-state index in [0.717, 1.165) is 125 Å². The first-order valence-corrected chi connectivity index (χ1v) is 32.6. The quantitative estimate of drug-likeness (QED) is 0.0797. The van der Waals surface area contributed by atoms with Crippen molar-refractivity contribution in [3.63, 3.8) is 0 Å². The molecule has 4 amide bonds. The highest BCUT2D eigenvalue weighted by atomic mass is 19.1. The second-order valence-electron chi connectivity index (χ2n) is 28.3. The molecule has 0 unspecified atom stereocenters. The van der Waals surface area contributed by atoms with Crippen LogP contribution in [0.3, 0.4) is 0 Å². The number of nitrogens with one attached hydrogen (secondary N) is 4. The first-order valence-electron chi connectivity index (χ1n) is 32.6. The van der Waals surface area contributed by atoms with Gasteiger partial charge in [0.2, 0.25) is 11.8 Å². The maximum absolute atomic E-state index is 14.4. The van der Waals surface area contributed by atoms with Crippen LogP contribution in [0.2, 0.25) is 0 Å². The van der Waals surface area contributed by atoms with Gasteiger partial charge in [-0.1, -0.05) is 52.0 Å². The molecule has 482 valence electrons. The fraction of sp³-hybridized carbons (Fsp3) is 0.543. The number of aromatic amines is 2. The first kappa shape index (κ1) is 64.6. The zero-order valence-electron chi connectivity index (χ0n) is 53.9. The predicted molar refractivity (Wildman–Crippen MR) is 348 cm³/mol. The average Bonchev–Trinajstić information content (AvgIpc) is 1.64. The highest BCUT2D eigenvalue weighted by Gasteiger charge is 2.43. The number of anilines is 2. The number of likely N-dealkylation sites (tertiary alicyclic amines) is 2. The Kier molecular flexibility index (Phi) is 19.4. The van der Waals surface area contributed by atoms with E-state index in [0.29, 0.717) is 73.1 Å². The van der Waals surface area contributed by atoms with Gasteiger partial charge in [0, 0.05) is 161 Å². The summed E-state index contributed by atoms with van der Waals surface area (Å²) >= 11 is 0. The van der Waals surface area contributed by atoms with E-state index in [1.54, 1.807) is 48.5 Å². The lowest BCUT2D eigenvalue weighted by Gasteiger charge is -2.43. The molecule has 5 aromatic rings. The van der Waals surface area contributed by atoms with Crippen LogP contribution in [0.4, 0.5) is 20.2 Å². The number of pyridine rings is 2. The third-order valence-corrected chi connectivity index (χ3v) is 20.1.